The van der Waals surface area contributed by atoms with Gasteiger partial charge >= 0.3 is 5.97 Å². The minimum Gasteiger partial charge on any atom is -0.466 e. The zero-order valence-corrected chi connectivity index (χ0v) is 14.1. The summed E-state index contributed by atoms with van der Waals surface area (Å²) in [7, 11) is 0. The molecule has 0 aliphatic rings. The molecule has 0 unspecified atom stereocenters. The molecule has 23 heavy (non-hydrogen) atoms. The van der Waals surface area contributed by atoms with E-state index in [-0.39, 0.29) is 23.9 Å². The van der Waals surface area contributed by atoms with Gasteiger partial charge in [-0.1, -0.05) is 31.3 Å². The van der Waals surface area contributed by atoms with Crippen LogP contribution in [0.25, 0.3) is 15.2 Å². The highest BCUT2D eigenvalue weighted by atomic mass is 32.1. The predicted octanol–water partition coefficient (Wildman–Crippen LogP) is 3.14. The summed E-state index contributed by atoms with van der Waals surface area (Å²) in [4.78, 5) is 28.2. The Kier molecular flexibility index (Phi) is 4.17. The Labute approximate surface area is 137 Å². The highest BCUT2D eigenvalue weighted by Gasteiger charge is 2.14. The van der Waals surface area contributed by atoms with Crippen LogP contribution in [0.3, 0.4) is 0 Å². The average Bonchev–Trinajstić information content (AvgIpc) is 2.83. The van der Waals surface area contributed by atoms with Crippen molar-refractivity contribution in [1.82, 2.24) is 9.38 Å². The van der Waals surface area contributed by atoms with E-state index in [2.05, 4.69) is 18.8 Å². The first-order valence-electron chi connectivity index (χ1n) is 7.60. The van der Waals surface area contributed by atoms with Crippen LogP contribution in [0.1, 0.15) is 37.9 Å². The lowest BCUT2D eigenvalue weighted by molar-refractivity contribution is -0.142. The van der Waals surface area contributed by atoms with Crippen LogP contribution in [0.5, 0.6) is 0 Å². The maximum Gasteiger partial charge on any atom is 0.310 e. The van der Waals surface area contributed by atoms with Crippen molar-refractivity contribution in [2.75, 3.05) is 6.61 Å². The number of hydrogen-bond acceptors (Lipinski definition) is 5. The van der Waals surface area contributed by atoms with Gasteiger partial charge in [0.15, 0.2) is 4.96 Å². The fraction of sp³-hybridized carbons (Fsp3) is 0.353. The van der Waals surface area contributed by atoms with E-state index in [0.717, 1.165) is 21.5 Å². The lowest BCUT2D eigenvalue weighted by Crippen LogP contribution is -2.11. The molecule has 1 aromatic carbocycles. The van der Waals surface area contributed by atoms with E-state index in [1.807, 2.05) is 22.6 Å². The molecular formula is C17H18N2O3S. The van der Waals surface area contributed by atoms with Gasteiger partial charge in [0.05, 0.1) is 23.2 Å². The summed E-state index contributed by atoms with van der Waals surface area (Å²) in [6.45, 7) is 6.29. The Morgan fingerprint density at radius 2 is 2.13 bits per heavy atom. The minimum atomic E-state index is -0.233. The Morgan fingerprint density at radius 1 is 1.35 bits per heavy atom. The molecule has 6 heteroatoms. The number of benzene rings is 1. The summed E-state index contributed by atoms with van der Waals surface area (Å²) in [5, 5.41) is 0. The van der Waals surface area contributed by atoms with Crippen LogP contribution < -0.4 is 5.56 Å². The van der Waals surface area contributed by atoms with Crippen LogP contribution >= 0.6 is 11.3 Å². The van der Waals surface area contributed by atoms with Crippen molar-refractivity contribution in [3.8, 4) is 0 Å². The third-order valence-electron chi connectivity index (χ3n) is 3.64. The molecule has 0 saturated carbocycles. The Morgan fingerprint density at radius 3 is 2.83 bits per heavy atom. The molecule has 0 fully saturated rings. The van der Waals surface area contributed by atoms with Crippen LogP contribution in [0.2, 0.25) is 0 Å². The lowest BCUT2D eigenvalue weighted by atomic mass is 10.1. The Bertz CT molecular complexity index is 940. The van der Waals surface area contributed by atoms with Crippen molar-refractivity contribution in [3.05, 3.63) is 45.9 Å². The zero-order valence-electron chi connectivity index (χ0n) is 13.3. The molecule has 2 heterocycles. The van der Waals surface area contributed by atoms with E-state index < -0.39 is 0 Å². The van der Waals surface area contributed by atoms with Crippen molar-refractivity contribution in [2.45, 2.75) is 33.1 Å². The number of fused-ring (bicyclic) bond motifs is 3. The molecule has 0 aliphatic carbocycles. The zero-order chi connectivity index (χ0) is 16.6. The second-order valence-electron chi connectivity index (χ2n) is 5.68. The molecule has 0 amide bonds. The van der Waals surface area contributed by atoms with Crippen molar-refractivity contribution in [2.24, 2.45) is 0 Å². The lowest BCUT2D eigenvalue weighted by Gasteiger charge is -2.09. The molecule has 0 bridgehead atoms. The highest BCUT2D eigenvalue weighted by molar-refractivity contribution is 7.23. The second kappa shape index (κ2) is 6.12. The summed E-state index contributed by atoms with van der Waals surface area (Å²) in [5.41, 5.74) is 2.64. The Balaban J connectivity index is 2.14. The molecule has 0 N–H and O–H groups in total. The van der Waals surface area contributed by atoms with Gasteiger partial charge in [-0.2, -0.15) is 4.98 Å². The summed E-state index contributed by atoms with van der Waals surface area (Å²) < 4.78 is 8.02. The molecule has 0 saturated heterocycles. The van der Waals surface area contributed by atoms with E-state index in [0.29, 0.717) is 11.6 Å². The molecule has 0 radical (unpaired) electrons. The van der Waals surface area contributed by atoms with Gasteiger partial charge in [0.2, 0.25) is 0 Å². The van der Waals surface area contributed by atoms with Gasteiger partial charge in [-0.3, -0.25) is 14.0 Å². The highest BCUT2D eigenvalue weighted by Crippen LogP contribution is 2.29. The Hall–Kier alpha value is -2.21. The maximum absolute atomic E-state index is 11.8. The number of esters is 1. The third kappa shape index (κ3) is 2.99. The van der Waals surface area contributed by atoms with Gasteiger partial charge < -0.3 is 4.74 Å². The molecule has 0 spiro atoms. The van der Waals surface area contributed by atoms with Gasteiger partial charge in [0, 0.05) is 11.8 Å². The molecule has 5 nitrogen and oxygen atoms in total. The number of ether oxygens (including phenoxy) is 1. The molecule has 120 valence electrons. The number of carbonyl (C=O) groups is 1. The fourth-order valence-electron chi connectivity index (χ4n) is 2.63. The van der Waals surface area contributed by atoms with Crippen molar-refractivity contribution in [1.29, 1.82) is 0 Å². The number of carbonyl (C=O) groups excluding carboxylic acids is 1. The number of thiazole rings is 1. The van der Waals surface area contributed by atoms with E-state index in [1.54, 1.807) is 13.0 Å². The van der Waals surface area contributed by atoms with E-state index in [1.165, 1.54) is 11.3 Å². The quantitative estimate of drug-likeness (QED) is 0.690. The van der Waals surface area contributed by atoms with Crippen LogP contribution in [-0.2, 0) is 16.0 Å². The van der Waals surface area contributed by atoms with Crippen molar-refractivity contribution in [3.63, 3.8) is 0 Å². The van der Waals surface area contributed by atoms with Crippen LogP contribution in [0.4, 0.5) is 0 Å². The fourth-order valence-corrected chi connectivity index (χ4v) is 3.73. The van der Waals surface area contributed by atoms with Crippen LogP contribution in [-0.4, -0.2) is 22.0 Å². The van der Waals surface area contributed by atoms with Crippen LogP contribution in [0.15, 0.2) is 29.1 Å². The first-order valence-corrected chi connectivity index (χ1v) is 8.42. The standard InChI is InChI=1S/C17H18N2O3S/c1-4-22-16(21)8-11-5-6-12-14(7-11)23-17-18-15(20)9-13(10(2)3)19(12)17/h5-7,9-10H,4,8H2,1-3H3. The predicted molar refractivity (Wildman–Crippen MR) is 91.3 cm³/mol. The summed E-state index contributed by atoms with van der Waals surface area (Å²) >= 11 is 1.46. The van der Waals surface area contributed by atoms with Gasteiger partial charge in [0.1, 0.15) is 0 Å². The topological polar surface area (TPSA) is 60.7 Å². The normalized spacial score (nSPS) is 11.5. The first-order chi connectivity index (χ1) is 11.0. The van der Waals surface area contributed by atoms with Crippen LogP contribution in [0, 0.1) is 0 Å². The number of aromatic nitrogens is 2. The minimum absolute atomic E-state index is 0.216. The molecule has 0 atom stereocenters. The first kappa shape index (κ1) is 15.7. The summed E-state index contributed by atoms with van der Waals surface area (Å²) in [5.74, 6) is -0.0151. The van der Waals surface area contributed by atoms with E-state index in [4.69, 9.17) is 4.74 Å². The maximum atomic E-state index is 11.8. The number of nitrogens with zero attached hydrogens (tertiary/aromatic N) is 2. The smallest absolute Gasteiger partial charge is 0.310 e. The van der Waals surface area contributed by atoms with Gasteiger partial charge in [-0.15, -0.1) is 0 Å². The van der Waals surface area contributed by atoms with E-state index in [9.17, 15) is 9.59 Å². The van der Waals surface area contributed by atoms with Crippen molar-refractivity contribution >= 4 is 32.5 Å². The van der Waals surface area contributed by atoms with Crippen molar-refractivity contribution < 1.29 is 9.53 Å². The number of hydrogen-bond donors (Lipinski definition) is 0. The van der Waals surface area contributed by atoms with Gasteiger partial charge in [0.25, 0.3) is 5.56 Å². The second-order valence-corrected chi connectivity index (χ2v) is 6.69. The molecule has 2 aromatic heterocycles. The van der Waals surface area contributed by atoms with Gasteiger partial charge in [-0.25, -0.2) is 0 Å². The monoisotopic (exact) mass is 330 g/mol. The molecule has 3 rings (SSSR count). The third-order valence-corrected chi connectivity index (χ3v) is 4.64. The average molecular weight is 330 g/mol. The summed E-state index contributed by atoms with van der Waals surface area (Å²) in [6.07, 6.45) is 0.250. The summed E-state index contributed by atoms with van der Waals surface area (Å²) in [6, 6.07) is 7.47. The molecular weight excluding hydrogens is 312 g/mol. The van der Waals surface area contributed by atoms with E-state index >= 15 is 0 Å². The number of rotatable bonds is 4. The SMILES string of the molecule is CCOC(=O)Cc1ccc2c(c1)sc1nc(=O)cc(C(C)C)n12. The molecule has 3 aromatic rings. The molecule has 0 aliphatic heterocycles. The largest absolute Gasteiger partial charge is 0.466 e. The van der Waals surface area contributed by atoms with Gasteiger partial charge in [-0.05, 0) is 30.5 Å².